The summed E-state index contributed by atoms with van der Waals surface area (Å²) in [5, 5.41) is 3.65. The van der Waals surface area contributed by atoms with Crippen LogP contribution >= 0.6 is 0 Å². The minimum absolute atomic E-state index is 0.128. The Bertz CT molecular complexity index is 1920. The summed E-state index contributed by atoms with van der Waals surface area (Å²) in [6.45, 7) is 13.9. The van der Waals surface area contributed by atoms with Crippen LogP contribution in [0.5, 0.6) is 0 Å². The van der Waals surface area contributed by atoms with Gasteiger partial charge < -0.3 is 10.2 Å². The van der Waals surface area contributed by atoms with Crippen LogP contribution < -0.4 is 5.32 Å². The summed E-state index contributed by atoms with van der Waals surface area (Å²) in [5.41, 5.74) is 4.18. The van der Waals surface area contributed by atoms with Gasteiger partial charge in [-0.2, -0.15) is 0 Å². The Morgan fingerprint density at radius 1 is 0.938 bits per heavy atom. The number of carbonyl (C=O) groups is 2. The monoisotopic (exact) mass is 651 g/mol. The van der Waals surface area contributed by atoms with E-state index in [0.29, 0.717) is 29.0 Å². The maximum Gasteiger partial charge on any atom is 0.254 e. The highest BCUT2D eigenvalue weighted by Crippen LogP contribution is 2.53. The number of benzene rings is 2. The third kappa shape index (κ3) is 7.08. The third-order valence-electron chi connectivity index (χ3n) is 9.16. The van der Waals surface area contributed by atoms with Crippen LogP contribution in [-0.4, -0.2) is 79.7 Å². The van der Waals surface area contributed by atoms with Crippen LogP contribution in [0.1, 0.15) is 76.0 Å². The van der Waals surface area contributed by atoms with Crippen molar-refractivity contribution in [2.75, 3.05) is 20.6 Å². The van der Waals surface area contributed by atoms with Gasteiger partial charge in [0, 0.05) is 61.1 Å². The number of imidazole rings is 1. The van der Waals surface area contributed by atoms with E-state index in [4.69, 9.17) is 0 Å². The van der Waals surface area contributed by atoms with Crippen LogP contribution in [0, 0.1) is 5.82 Å². The van der Waals surface area contributed by atoms with Crippen LogP contribution in [0.25, 0.3) is 27.8 Å². The first kappa shape index (κ1) is 34.6. The number of amides is 2. The van der Waals surface area contributed by atoms with Crippen molar-refractivity contribution in [2.45, 2.75) is 77.9 Å². The molecule has 1 saturated carbocycles. The molecule has 1 aliphatic rings. The number of likely N-dealkylation sites (N-methyl/N-ethyl adjacent to an activating group) is 1. The molecule has 1 aliphatic carbocycles. The van der Waals surface area contributed by atoms with Crippen molar-refractivity contribution in [3.63, 3.8) is 0 Å². The van der Waals surface area contributed by atoms with Crippen LogP contribution in [0.2, 0.25) is 0 Å². The zero-order chi connectivity index (χ0) is 34.7. The number of nitrogens with zero attached hydrogens (tertiary/aromatic N) is 6. The second-order valence-corrected chi connectivity index (χ2v) is 13.3. The molecule has 2 aromatic carbocycles. The number of aromatic nitrogens is 4. The first-order chi connectivity index (χ1) is 22.9. The van der Waals surface area contributed by atoms with E-state index >= 15 is 4.39 Å². The number of carbonyl (C=O) groups excluding carboxylic acids is 2. The fourth-order valence-electron chi connectivity index (χ4n) is 6.50. The predicted octanol–water partition coefficient (Wildman–Crippen LogP) is 6.50. The van der Waals surface area contributed by atoms with Gasteiger partial charge in [0.2, 0.25) is 11.7 Å². The second-order valence-electron chi connectivity index (χ2n) is 13.3. The summed E-state index contributed by atoms with van der Waals surface area (Å²) in [7, 11) is 3.20. The summed E-state index contributed by atoms with van der Waals surface area (Å²) < 4.78 is 17.1. The van der Waals surface area contributed by atoms with Gasteiger partial charge in [0.05, 0.1) is 23.0 Å². The summed E-state index contributed by atoms with van der Waals surface area (Å²) in [4.78, 5) is 42.0. The molecule has 9 nitrogen and oxygen atoms in total. The number of hydrogen-bond acceptors (Lipinski definition) is 6. The van der Waals surface area contributed by atoms with Gasteiger partial charge in [0.15, 0.2) is 0 Å². The van der Waals surface area contributed by atoms with Gasteiger partial charge in [-0.05, 0) is 95.5 Å². The lowest BCUT2D eigenvalue weighted by molar-refractivity contribution is -0.130. The van der Waals surface area contributed by atoms with E-state index in [0.717, 1.165) is 36.0 Å². The molecule has 6 rings (SSSR count). The van der Waals surface area contributed by atoms with Crippen LogP contribution in [0.4, 0.5) is 4.39 Å². The fraction of sp³-hybridized carbons (Fsp3) is 0.395. The average Bonchev–Trinajstić information content (AvgIpc) is 3.75. The molecule has 10 heteroatoms. The Kier molecular flexibility index (Phi) is 10.2. The topological polar surface area (TPSA) is 95.7 Å². The molecule has 48 heavy (non-hydrogen) atoms. The normalized spacial score (nSPS) is 14.2. The molecule has 252 valence electrons. The zero-order valence-electron chi connectivity index (χ0n) is 29.2. The SMILES string of the molecule is CC(NC(=O)c1ccc(-c2cnc3ncc(C4(c5ccc6ncccc6c5)CC4)n3c2)cc1F)C(=O)N(C)C.CCN(C(C)C)C(C)C. The van der Waals surface area contributed by atoms with Crippen LogP contribution in [0.3, 0.4) is 0 Å². The zero-order valence-corrected chi connectivity index (χ0v) is 29.2. The largest absolute Gasteiger partial charge is 0.347 e. The number of hydrogen-bond donors (Lipinski definition) is 1. The molecular weight excluding hydrogens is 605 g/mol. The molecule has 1 unspecified atom stereocenters. The number of fused-ring (bicyclic) bond motifs is 2. The Hall–Kier alpha value is -4.70. The fourth-order valence-corrected chi connectivity index (χ4v) is 6.50. The van der Waals surface area contributed by atoms with E-state index in [1.807, 2.05) is 22.9 Å². The minimum atomic E-state index is -0.772. The van der Waals surface area contributed by atoms with Crippen LogP contribution in [0.15, 0.2) is 73.3 Å². The van der Waals surface area contributed by atoms with Crippen molar-refractivity contribution in [1.29, 1.82) is 0 Å². The molecule has 0 saturated heterocycles. The third-order valence-corrected chi connectivity index (χ3v) is 9.16. The lowest BCUT2D eigenvalue weighted by Crippen LogP contribution is -2.44. The highest BCUT2D eigenvalue weighted by atomic mass is 19.1. The quantitative estimate of drug-likeness (QED) is 0.196. The molecule has 3 aromatic heterocycles. The molecule has 0 spiro atoms. The molecule has 5 aromatic rings. The molecule has 2 amide bonds. The molecular formula is C38H46FN7O2. The summed E-state index contributed by atoms with van der Waals surface area (Å²) >= 11 is 0. The van der Waals surface area contributed by atoms with Gasteiger partial charge in [0.25, 0.3) is 5.91 Å². The highest BCUT2D eigenvalue weighted by Gasteiger charge is 2.48. The van der Waals surface area contributed by atoms with E-state index < -0.39 is 17.8 Å². The maximum absolute atomic E-state index is 15.1. The molecule has 1 fully saturated rings. The van der Waals surface area contributed by atoms with Crippen molar-refractivity contribution in [2.24, 2.45) is 0 Å². The van der Waals surface area contributed by atoms with Gasteiger partial charge in [0.1, 0.15) is 11.9 Å². The van der Waals surface area contributed by atoms with Gasteiger partial charge in [-0.25, -0.2) is 14.4 Å². The van der Waals surface area contributed by atoms with E-state index in [1.165, 1.54) is 22.6 Å². The van der Waals surface area contributed by atoms with Crippen molar-refractivity contribution in [3.05, 3.63) is 96.0 Å². The highest BCUT2D eigenvalue weighted by molar-refractivity contribution is 5.98. The van der Waals surface area contributed by atoms with Crippen molar-refractivity contribution in [1.82, 2.24) is 34.5 Å². The first-order valence-corrected chi connectivity index (χ1v) is 16.6. The number of pyridine rings is 1. The lowest BCUT2D eigenvalue weighted by Gasteiger charge is -2.28. The molecule has 1 N–H and O–H groups in total. The second kappa shape index (κ2) is 14.2. The maximum atomic E-state index is 15.1. The minimum Gasteiger partial charge on any atom is -0.347 e. The molecule has 0 radical (unpaired) electrons. The van der Waals surface area contributed by atoms with E-state index in [-0.39, 0.29) is 16.9 Å². The van der Waals surface area contributed by atoms with Gasteiger partial charge in [-0.3, -0.25) is 23.9 Å². The Labute approximate surface area is 282 Å². The number of nitrogens with one attached hydrogen (secondary N) is 1. The van der Waals surface area contributed by atoms with Crippen molar-refractivity contribution >= 4 is 28.5 Å². The summed E-state index contributed by atoms with van der Waals surface area (Å²) in [6.07, 6.45) is 9.21. The molecule has 0 bridgehead atoms. The smallest absolute Gasteiger partial charge is 0.254 e. The van der Waals surface area contributed by atoms with E-state index in [2.05, 4.69) is 84.1 Å². The molecule has 3 heterocycles. The molecule has 1 atom stereocenters. The van der Waals surface area contributed by atoms with Gasteiger partial charge in [-0.15, -0.1) is 0 Å². The Morgan fingerprint density at radius 2 is 1.65 bits per heavy atom. The average molecular weight is 652 g/mol. The standard InChI is InChI=1S/C30H27FN6O2.C8H19N/c1-18(28(39)36(2)3)35-27(38)23-8-6-19(14-24(23)31)21-15-33-29-34-16-26(37(29)17-21)30(10-11-30)22-7-9-25-20(13-22)5-4-12-32-25;1-6-9(7(2)3)8(4)5/h4-9,12-18H,10-11H2,1-3H3,(H,35,38);7-8H,6H2,1-5H3. The van der Waals surface area contributed by atoms with Gasteiger partial charge in [-0.1, -0.05) is 25.1 Å². The first-order valence-electron chi connectivity index (χ1n) is 16.6. The predicted molar refractivity (Wildman–Crippen MR) is 188 cm³/mol. The summed E-state index contributed by atoms with van der Waals surface area (Å²) in [5.74, 6) is -1.03. The molecule has 0 aliphatic heterocycles. The van der Waals surface area contributed by atoms with E-state index in [9.17, 15) is 9.59 Å². The lowest BCUT2D eigenvalue weighted by atomic mass is 9.91. The number of rotatable bonds is 9. The van der Waals surface area contributed by atoms with Crippen molar-refractivity contribution < 1.29 is 14.0 Å². The summed E-state index contributed by atoms with van der Waals surface area (Å²) in [6, 6.07) is 15.4. The van der Waals surface area contributed by atoms with E-state index in [1.54, 1.807) is 39.5 Å². The Morgan fingerprint density at radius 3 is 2.25 bits per heavy atom. The van der Waals surface area contributed by atoms with Crippen LogP contribution in [-0.2, 0) is 10.2 Å². The Balaban J connectivity index is 0.000000441. The number of halogens is 1. The van der Waals surface area contributed by atoms with Crippen molar-refractivity contribution in [3.8, 4) is 11.1 Å². The van der Waals surface area contributed by atoms with Gasteiger partial charge >= 0.3 is 0 Å².